The number of piperidine rings is 1. The maximum absolute atomic E-state index is 15.4. The van der Waals surface area contributed by atoms with Gasteiger partial charge >= 0.3 is 0 Å². The predicted octanol–water partition coefficient (Wildman–Crippen LogP) is 5.37. The molecule has 0 N–H and O–H groups in total. The van der Waals surface area contributed by atoms with Gasteiger partial charge in [0, 0.05) is 31.6 Å². The summed E-state index contributed by atoms with van der Waals surface area (Å²) in [5.41, 5.74) is 0.626. The Morgan fingerprint density at radius 2 is 1.74 bits per heavy atom. The van der Waals surface area contributed by atoms with Gasteiger partial charge in [-0.2, -0.15) is 0 Å². The molecule has 178 valence electrons. The Hall–Kier alpha value is -2.96. The lowest BCUT2D eigenvalue weighted by Gasteiger charge is -2.36. The second-order valence-electron chi connectivity index (χ2n) is 9.95. The summed E-state index contributed by atoms with van der Waals surface area (Å²) in [4.78, 5) is 18.9. The topological polar surface area (TPSA) is 54.4 Å². The fourth-order valence-corrected chi connectivity index (χ4v) is 5.68. The second kappa shape index (κ2) is 8.67. The fraction of sp³-hybridized carbons (Fsp3) is 0.519. The van der Waals surface area contributed by atoms with Crippen LogP contribution >= 0.6 is 0 Å². The Labute approximate surface area is 200 Å². The highest BCUT2D eigenvalue weighted by Gasteiger charge is 2.42. The average molecular weight is 462 g/mol. The van der Waals surface area contributed by atoms with Gasteiger partial charge in [-0.1, -0.05) is 18.2 Å². The number of pyridine rings is 1. The minimum absolute atomic E-state index is 0.337. The average Bonchev–Trinajstić information content (AvgIpc) is 3.41. The van der Waals surface area contributed by atoms with Crippen molar-refractivity contribution in [2.75, 3.05) is 43.1 Å². The third-order valence-corrected chi connectivity index (χ3v) is 7.90. The third-order valence-electron chi connectivity index (χ3n) is 7.90. The van der Waals surface area contributed by atoms with Crippen LogP contribution in [0.1, 0.15) is 62.3 Å². The molecular weight excluding hydrogens is 429 g/mol. The highest BCUT2D eigenvalue weighted by Crippen LogP contribution is 2.45. The summed E-state index contributed by atoms with van der Waals surface area (Å²) in [6.07, 6.45) is 8.13. The van der Waals surface area contributed by atoms with E-state index in [1.165, 1.54) is 18.4 Å². The number of methoxy groups -OCH3 is 1. The highest BCUT2D eigenvalue weighted by molar-refractivity contribution is 5.91. The normalized spacial score (nSPS) is 20.5. The number of nitrogens with zero attached hydrogens (tertiary/aromatic N) is 5. The first-order valence-electron chi connectivity index (χ1n) is 12.6. The van der Waals surface area contributed by atoms with E-state index in [0.717, 1.165) is 73.7 Å². The zero-order chi connectivity index (χ0) is 23.1. The number of rotatable bonds is 5. The van der Waals surface area contributed by atoms with E-state index in [-0.39, 0.29) is 0 Å². The molecular formula is C27H32FN5O. The van der Waals surface area contributed by atoms with Crippen LogP contribution in [0.2, 0.25) is 0 Å². The van der Waals surface area contributed by atoms with Crippen molar-refractivity contribution < 1.29 is 9.13 Å². The van der Waals surface area contributed by atoms with Crippen molar-refractivity contribution in [2.24, 2.45) is 0 Å². The van der Waals surface area contributed by atoms with Gasteiger partial charge in [-0.05, 0) is 68.6 Å². The molecule has 3 aromatic rings. The Morgan fingerprint density at radius 1 is 0.971 bits per heavy atom. The van der Waals surface area contributed by atoms with Gasteiger partial charge in [-0.25, -0.2) is 19.3 Å². The first-order valence-corrected chi connectivity index (χ1v) is 12.6. The number of hydrogen-bond acceptors (Lipinski definition) is 6. The molecule has 34 heavy (non-hydrogen) atoms. The van der Waals surface area contributed by atoms with E-state index in [0.29, 0.717) is 24.6 Å². The molecule has 2 saturated heterocycles. The van der Waals surface area contributed by atoms with Crippen molar-refractivity contribution in [1.82, 2.24) is 15.0 Å². The lowest BCUT2D eigenvalue weighted by molar-refractivity contribution is 0.0512. The van der Waals surface area contributed by atoms with Gasteiger partial charge in [-0.3, -0.25) is 0 Å². The summed E-state index contributed by atoms with van der Waals surface area (Å²) in [6, 6.07) is 10.4. The number of benzene rings is 1. The smallest absolute Gasteiger partial charge is 0.170 e. The number of ether oxygens (including phenoxy) is 1. The monoisotopic (exact) mass is 461 g/mol. The summed E-state index contributed by atoms with van der Waals surface area (Å²) in [7, 11) is 1.74. The Balaban J connectivity index is 1.34. The van der Waals surface area contributed by atoms with Crippen LogP contribution in [0, 0.1) is 0 Å². The SMILES string of the molecule is COc1ccccc1C1CCN(c2nc(C3(F)CCC3)nc3cnc(N4CCCC4)cc23)CC1. The zero-order valence-corrected chi connectivity index (χ0v) is 19.8. The van der Waals surface area contributed by atoms with E-state index < -0.39 is 5.67 Å². The summed E-state index contributed by atoms with van der Waals surface area (Å²) < 4.78 is 21.0. The molecule has 0 radical (unpaired) electrons. The first-order chi connectivity index (χ1) is 16.6. The van der Waals surface area contributed by atoms with Crippen LogP contribution in [-0.4, -0.2) is 48.2 Å². The fourth-order valence-electron chi connectivity index (χ4n) is 5.68. The van der Waals surface area contributed by atoms with Crippen LogP contribution in [0.15, 0.2) is 36.5 Å². The molecule has 6 rings (SSSR count). The van der Waals surface area contributed by atoms with Gasteiger partial charge in [0.1, 0.15) is 17.4 Å². The quantitative estimate of drug-likeness (QED) is 0.509. The summed E-state index contributed by atoms with van der Waals surface area (Å²) in [5.74, 6) is 3.58. The standard InChI is InChI=1S/C27H32FN5O/c1-34-23-8-3-2-7-20(23)19-9-15-33(16-10-19)25-21-17-24(32-13-4-5-14-32)29-18-22(21)30-26(31-25)27(28)11-6-12-27/h2-3,7-8,17-19H,4-6,9-16H2,1H3. The summed E-state index contributed by atoms with van der Waals surface area (Å²) in [5, 5.41) is 0.985. The molecule has 1 aromatic carbocycles. The lowest BCUT2D eigenvalue weighted by Crippen LogP contribution is -2.36. The number of halogens is 1. The zero-order valence-electron chi connectivity index (χ0n) is 19.8. The Kier molecular flexibility index (Phi) is 5.50. The summed E-state index contributed by atoms with van der Waals surface area (Å²) >= 11 is 0. The number of hydrogen-bond donors (Lipinski definition) is 0. The van der Waals surface area contributed by atoms with Crippen LogP contribution in [0.3, 0.4) is 0 Å². The van der Waals surface area contributed by atoms with Gasteiger partial charge in [0.15, 0.2) is 11.5 Å². The number of anilines is 2. The molecule has 0 amide bonds. The van der Waals surface area contributed by atoms with Crippen LogP contribution in [-0.2, 0) is 5.67 Å². The number of aromatic nitrogens is 3. The van der Waals surface area contributed by atoms with Crippen LogP contribution < -0.4 is 14.5 Å². The molecule has 3 fully saturated rings. The molecule has 6 nitrogen and oxygen atoms in total. The van der Waals surface area contributed by atoms with E-state index >= 15 is 4.39 Å². The van der Waals surface area contributed by atoms with Crippen molar-refractivity contribution in [3.63, 3.8) is 0 Å². The highest BCUT2D eigenvalue weighted by atomic mass is 19.1. The van der Waals surface area contributed by atoms with Crippen molar-refractivity contribution in [2.45, 2.75) is 56.5 Å². The first kappa shape index (κ1) is 21.6. The Morgan fingerprint density at radius 3 is 2.44 bits per heavy atom. The predicted molar refractivity (Wildman–Crippen MR) is 133 cm³/mol. The third kappa shape index (κ3) is 3.75. The second-order valence-corrected chi connectivity index (χ2v) is 9.95. The molecule has 1 aliphatic carbocycles. The van der Waals surface area contributed by atoms with Crippen molar-refractivity contribution >= 4 is 22.5 Å². The van der Waals surface area contributed by atoms with E-state index in [9.17, 15) is 0 Å². The van der Waals surface area contributed by atoms with Crippen LogP contribution in [0.25, 0.3) is 10.9 Å². The number of alkyl halides is 1. The molecule has 7 heteroatoms. The van der Waals surface area contributed by atoms with Gasteiger partial charge in [0.2, 0.25) is 0 Å². The molecule has 2 aromatic heterocycles. The molecule has 0 atom stereocenters. The molecule has 0 spiro atoms. The van der Waals surface area contributed by atoms with Crippen LogP contribution in [0.4, 0.5) is 16.0 Å². The summed E-state index contributed by atoms with van der Waals surface area (Å²) in [6.45, 7) is 3.80. The van der Waals surface area contributed by atoms with Gasteiger partial charge in [-0.15, -0.1) is 0 Å². The largest absolute Gasteiger partial charge is 0.496 e. The minimum atomic E-state index is -1.40. The molecule has 2 aliphatic heterocycles. The van der Waals surface area contributed by atoms with Crippen molar-refractivity contribution in [3.05, 3.63) is 47.9 Å². The molecule has 0 unspecified atom stereocenters. The van der Waals surface area contributed by atoms with Gasteiger partial charge in [0.05, 0.1) is 18.8 Å². The van der Waals surface area contributed by atoms with Gasteiger partial charge < -0.3 is 14.5 Å². The Bertz CT molecular complexity index is 1180. The lowest BCUT2D eigenvalue weighted by atomic mass is 9.81. The molecule has 4 heterocycles. The maximum atomic E-state index is 15.4. The van der Waals surface area contributed by atoms with E-state index in [1.807, 2.05) is 18.3 Å². The van der Waals surface area contributed by atoms with E-state index in [4.69, 9.17) is 14.7 Å². The van der Waals surface area contributed by atoms with E-state index in [2.05, 4.69) is 33.0 Å². The molecule has 3 aliphatic rings. The number of para-hydroxylation sites is 1. The van der Waals surface area contributed by atoms with Crippen LogP contribution in [0.5, 0.6) is 5.75 Å². The van der Waals surface area contributed by atoms with Crippen molar-refractivity contribution in [3.8, 4) is 5.75 Å². The number of fused-ring (bicyclic) bond motifs is 1. The molecule has 0 bridgehead atoms. The minimum Gasteiger partial charge on any atom is -0.496 e. The molecule has 1 saturated carbocycles. The van der Waals surface area contributed by atoms with Gasteiger partial charge in [0.25, 0.3) is 0 Å². The van der Waals surface area contributed by atoms with E-state index in [1.54, 1.807) is 7.11 Å². The maximum Gasteiger partial charge on any atom is 0.170 e. The van der Waals surface area contributed by atoms with Crippen molar-refractivity contribution in [1.29, 1.82) is 0 Å².